The summed E-state index contributed by atoms with van der Waals surface area (Å²) in [4.78, 5) is 21.8. The SMILES string of the molecule is O=C1NCCCC1Nc1cc(F)c(Cl)cc1[N+](=O)[O-]. The lowest BCUT2D eigenvalue weighted by Gasteiger charge is -2.23. The van der Waals surface area contributed by atoms with E-state index < -0.39 is 16.8 Å². The third kappa shape index (κ3) is 2.93. The number of anilines is 1. The van der Waals surface area contributed by atoms with Crippen LogP contribution in [0.3, 0.4) is 0 Å². The standard InChI is InChI=1S/C11H11ClFN3O3/c12-6-4-10(16(18)19)9(5-7(6)13)15-8-2-1-3-14-11(8)17/h4-5,8,15H,1-3H2,(H,14,17). The predicted octanol–water partition coefficient (Wildman–Crippen LogP) is 2.08. The number of hydrogen-bond acceptors (Lipinski definition) is 4. The van der Waals surface area contributed by atoms with E-state index in [1.807, 2.05) is 0 Å². The molecule has 2 N–H and O–H groups in total. The van der Waals surface area contributed by atoms with Crippen LogP contribution in [0, 0.1) is 15.9 Å². The van der Waals surface area contributed by atoms with Crippen LogP contribution in [0.4, 0.5) is 15.8 Å². The molecular weight excluding hydrogens is 277 g/mol. The highest BCUT2D eigenvalue weighted by molar-refractivity contribution is 6.31. The number of nitrogens with zero attached hydrogens (tertiary/aromatic N) is 1. The van der Waals surface area contributed by atoms with Crippen molar-refractivity contribution in [1.29, 1.82) is 0 Å². The molecule has 0 aliphatic carbocycles. The second kappa shape index (κ2) is 5.40. The molecule has 102 valence electrons. The van der Waals surface area contributed by atoms with Crippen LogP contribution in [0.2, 0.25) is 5.02 Å². The van der Waals surface area contributed by atoms with E-state index in [-0.39, 0.29) is 22.3 Å². The fourth-order valence-electron chi connectivity index (χ4n) is 1.90. The van der Waals surface area contributed by atoms with Gasteiger partial charge in [0, 0.05) is 18.7 Å². The molecular formula is C11H11ClFN3O3. The fourth-order valence-corrected chi connectivity index (χ4v) is 2.06. The van der Waals surface area contributed by atoms with Crippen molar-refractivity contribution >= 4 is 28.9 Å². The summed E-state index contributed by atoms with van der Waals surface area (Å²) >= 11 is 5.51. The Bertz CT molecular complexity index is 538. The van der Waals surface area contributed by atoms with Crippen LogP contribution in [0.25, 0.3) is 0 Å². The number of rotatable bonds is 3. The molecule has 1 amide bonds. The lowest BCUT2D eigenvalue weighted by Crippen LogP contribution is -2.44. The Balaban J connectivity index is 2.30. The van der Waals surface area contributed by atoms with Gasteiger partial charge in [0.25, 0.3) is 5.69 Å². The molecule has 1 fully saturated rings. The molecule has 1 atom stereocenters. The van der Waals surface area contributed by atoms with E-state index in [2.05, 4.69) is 10.6 Å². The molecule has 0 radical (unpaired) electrons. The number of benzene rings is 1. The van der Waals surface area contributed by atoms with E-state index in [4.69, 9.17) is 11.6 Å². The molecule has 1 aromatic carbocycles. The van der Waals surface area contributed by atoms with E-state index in [9.17, 15) is 19.3 Å². The van der Waals surface area contributed by atoms with Crippen LogP contribution < -0.4 is 10.6 Å². The normalized spacial score (nSPS) is 18.8. The highest BCUT2D eigenvalue weighted by atomic mass is 35.5. The van der Waals surface area contributed by atoms with Gasteiger partial charge in [0.15, 0.2) is 0 Å². The summed E-state index contributed by atoms with van der Waals surface area (Å²) < 4.78 is 13.4. The van der Waals surface area contributed by atoms with E-state index in [1.165, 1.54) is 0 Å². The maximum absolute atomic E-state index is 13.4. The lowest BCUT2D eigenvalue weighted by molar-refractivity contribution is -0.384. The lowest BCUT2D eigenvalue weighted by atomic mass is 10.1. The number of carbonyl (C=O) groups is 1. The van der Waals surface area contributed by atoms with E-state index in [1.54, 1.807) is 0 Å². The van der Waals surface area contributed by atoms with Gasteiger partial charge in [-0.15, -0.1) is 0 Å². The smallest absolute Gasteiger partial charge is 0.294 e. The van der Waals surface area contributed by atoms with Gasteiger partial charge >= 0.3 is 0 Å². The maximum atomic E-state index is 13.4. The van der Waals surface area contributed by atoms with Crippen LogP contribution >= 0.6 is 11.6 Å². The number of carbonyl (C=O) groups excluding carboxylic acids is 1. The highest BCUT2D eigenvalue weighted by Crippen LogP contribution is 2.31. The van der Waals surface area contributed by atoms with Gasteiger partial charge in [-0.3, -0.25) is 14.9 Å². The number of amides is 1. The first-order chi connectivity index (χ1) is 8.99. The summed E-state index contributed by atoms with van der Waals surface area (Å²) in [6.45, 7) is 0.577. The molecule has 6 nitrogen and oxygen atoms in total. The Hall–Kier alpha value is -1.89. The number of hydrogen-bond donors (Lipinski definition) is 2. The van der Waals surface area contributed by atoms with Gasteiger partial charge in [-0.05, 0) is 12.8 Å². The van der Waals surface area contributed by atoms with Gasteiger partial charge in [0.05, 0.1) is 9.95 Å². The van der Waals surface area contributed by atoms with Crippen molar-refractivity contribution in [2.75, 3.05) is 11.9 Å². The van der Waals surface area contributed by atoms with E-state index in [0.717, 1.165) is 18.6 Å². The third-order valence-corrected chi connectivity index (χ3v) is 3.14. The van der Waals surface area contributed by atoms with Gasteiger partial charge < -0.3 is 10.6 Å². The monoisotopic (exact) mass is 287 g/mol. The average molecular weight is 288 g/mol. The Morgan fingerprint density at radius 1 is 1.53 bits per heavy atom. The molecule has 0 aromatic heterocycles. The minimum atomic E-state index is -0.772. The molecule has 0 bridgehead atoms. The van der Waals surface area contributed by atoms with Gasteiger partial charge in [0.1, 0.15) is 17.5 Å². The first kappa shape index (κ1) is 13.5. The highest BCUT2D eigenvalue weighted by Gasteiger charge is 2.26. The topological polar surface area (TPSA) is 84.3 Å². The number of nitrogens with one attached hydrogen (secondary N) is 2. The Morgan fingerprint density at radius 3 is 2.89 bits per heavy atom. The molecule has 0 saturated carbocycles. The molecule has 1 saturated heterocycles. The van der Waals surface area contributed by atoms with Crippen molar-refractivity contribution in [2.24, 2.45) is 0 Å². The molecule has 8 heteroatoms. The summed E-state index contributed by atoms with van der Waals surface area (Å²) in [5.41, 5.74) is -0.404. The van der Waals surface area contributed by atoms with Gasteiger partial charge in [0.2, 0.25) is 5.91 Å². The van der Waals surface area contributed by atoms with Crippen LogP contribution in [0.5, 0.6) is 0 Å². The second-order valence-electron chi connectivity index (χ2n) is 4.17. The largest absolute Gasteiger partial charge is 0.368 e. The first-order valence-electron chi connectivity index (χ1n) is 5.66. The minimum Gasteiger partial charge on any atom is -0.368 e. The summed E-state index contributed by atoms with van der Waals surface area (Å²) in [6, 6.07) is 1.26. The number of nitro groups is 1. The molecule has 1 aliphatic heterocycles. The van der Waals surface area contributed by atoms with E-state index >= 15 is 0 Å². The van der Waals surface area contributed by atoms with Crippen LogP contribution in [-0.4, -0.2) is 23.4 Å². The van der Waals surface area contributed by atoms with Crippen molar-refractivity contribution in [1.82, 2.24) is 5.32 Å². The van der Waals surface area contributed by atoms with Crippen LogP contribution in [-0.2, 0) is 4.79 Å². The molecule has 1 unspecified atom stereocenters. The summed E-state index contributed by atoms with van der Waals surface area (Å²) in [5, 5.41) is 15.9. The van der Waals surface area contributed by atoms with Crippen molar-refractivity contribution in [3.05, 3.63) is 33.1 Å². The zero-order valence-electron chi connectivity index (χ0n) is 9.78. The minimum absolute atomic E-state index is 0.0473. The van der Waals surface area contributed by atoms with Gasteiger partial charge in [-0.25, -0.2) is 4.39 Å². The second-order valence-corrected chi connectivity index (χ2v) is 4.58. The molecule has 2 rings (SSSR count). The molecule has 1 aliphatic rings. The fraction of sp³-hybridized carbons (Fsp3) is 0.364. The van der Waals surface area contributed by atoms with Crippen LogP contribution in [0.15, 0.2) is 12.1 Å². The predicted molar refractivity (Wildman–Crippen MR) is 67.7 cm³/mol. The molecule has 0 spiro atoms. The zero-order valence-corrected chi connectivity index (χ0v) is 10.5. The van der Waals surface area contributed by atoms with Crippen molar-refractivity contribution < 1.29 is 14.1 Å². The molecule has 1 heterocycles. The zero-order chi connectivity index (χ0) is 14.0. The van der Waals surface area contributed by atoms with Crippen molar-refractivity contribution in [2.45, 2.75) is 18.9 Å². The summed E-state index contributed by atoms with van der Waals surface area (Å²) in [6.07, 6.45) is 1.29. The summed E-state index contributed by atoms with van der Waals surface area (Å²) in [7, 11) is 0. The van der Waals surface area contributed by atoms with Crippen molar-refractivity contribution in [3.63, 3.8) is 0 Å². The van der Waals surface area contributed by atoms with Crippen molar-refractivity contribution in [3.8, 4) is 0 Å². The maximum Gasteiger partial charge on any atom is 0.294 e. The third-order valence-electron chi connectivity index (χ3n) is 2.85. The Morgan fingerprint density at radius 2 is 2.26 bits per heavy atom. The molecule has 1 aromatic rings. The van der Waals surface area contributed by atoms with Gasteiger partial charge in [-0.2, -0.15) is 0 Å². The summed E-state index contributed by atoms with van der Waals surface area (Å²) in [5.74, 6) is -1.03. The number of nitro benzene ring substituents is 1. The number of halogens is 2. The van der Waals surface area contributed by atoms with Gasteiger partial charge in [-0.1, -0.05) is 11.6 Å². The number of piperidine rings is 1. The first-order valence-corrected chi connectivity index (χ1v) is 6.04. The Labute approximate surface area is 113 Å². The van der Waals surface area contributed by atoms with E-state index in [0.29, 0.717) is 13.0 Å². The molecule has 19 heavy (non-hydrogen) atoms. The average Bonchev–Trinajstić information content (AvgIpc) is 2.36. The quantitative estimate of drug-likeness (QED) is 0.658. The Kier molecular flexibility index (Phi) is 3.84. The van der Waals surface area contributed by atoms with Crippen LogP contribution in [0.1, 0.15) is 12.8 Å².